The number of carbonyl (C=O) groups excluding carboxylic acids is 1. The van der Waals surface area contributed by atoms with Crippen molar-refractivity contribution < 1.29 is 9.53 Å². The van der Waals surface area contributed by atoms with E-state index in [1.807, 2.05) is 56.9 Å². The number of aromatic nitrogens is 1. The minimum absolute atomic E-state index is 0.0667. The van der Waals surface area contributed by atoms with Gasteiger partial charge in [0.15, 0.2) is 0 Å². The van der Waals surface area contributed by atoms with Gasteiger partial charge in [-0.1, -0.05) is 17.7 Å². The van der Waals surface area contributed by atoms with Crippen LogP contribution >= 0.6 is 11.6 Å². The number of benzene rings is 1. The van der Waals surface area contributed by atoms with Crippen LogP contribution in [0.2, 0.25) is 5.15 Å². The van der Waals surface area contributed by atoms with E-state index in [2.05, 4.69) is 10.3 Å². The second-order valence-corrected chi connectivity index (χ2v) is 6.71. The molecule has 134 valence electrons. The molecule has 0 spiro atoms. The van der Waals surface area contributed by atoms with E-state index in [4.69, 9.17) is 16.3 Å². The largest absolute Gasteiger partial charge is 0.497 e. The molecule has 1 heterocycles. The van der Waals surface area contributed by atoms with Gasteiger partial charge in [0.2, 0.25) is 0 Å². The lowest BCUT2D eigenvalue weighted by Crippen LogP contribution is -2.42. The highest BCUT2D eigenvalue weighted by molar-refractivity contribution is 6.30. The molecule has 25 heavy (non-hydrogen) atoms. The van der Waals surface area contributed by atoms with E-state index in [9.17, 15) is 4.79 Å². The van der Waals surface area contributed by atoms with Crippen molar-refractivity contribution in [3.8, 4) is 5.75 Å². The summed E-state index contributed by atoms with van der Waals surface area (Å²) in [4.78, 5) is 19.0. The predicted molar refractivity (Wildman–Crippen MR) is 102 cm³/mol. The lowest BCUT2D eigenvalue weighted by molar-refractivity contribution is 0.0643. The van der Waals surface area contributed by atoms with Gasteiger partial charge in [-0.2, -0.15) is 0 Å². The number of hydrogen-bond donors (Lipinski definition) is 1. The predicted octanol–water partition coefficient (Wildman–Crippen LogP) is 4.75. The monoisotopic (exact) mass is 361 g/mol. The van der Waals surface area contributed by atoms with Crippen LogP contribution < -0.4 is 10.1 Å². The van der Waals surface area contributed by atoms with Crippen molar-refractivity contribution in [1.29, 1.82) is 0 Å². The molecule has 0 aliphatic heterocycles. The van der Waals surface area contributed by atoms with Crippen LogP contribution in [-0.4, -0.2) is 35.0 Å². The van der Waals surface area contributed by atoms with Crippen molar-refractivity contribution in [2.45, 2.75) is 39.8 Å². The van der Waals surface area contributed by atoms with Gasteiger partial charge in [-0.25, -0.2) is 4.98 Å². The third-order valence-corrected chi connectivity index (χ3v) is 3.92. The molecule has 0 saturated heterocycles. The molecule has 0 saturated carbocycles. The van der Waals surface area contributed by atoms with Crippen LogP contribution in [-0.2, 0) is 0 Å². The molecule has 2 rings (SSSR count). The molecule has 1 amide bonds. The summed E-state index contributed by atoms with van der Waals surface area (Å²) in [6, 6.07) is 11.0. The highest BCUT2D eigenvalue weighted by atomic mass is 35.5. The third-order valence-electron chi connectivity index (χ3n) is 3.73. The zero-order chi connectivity index (χ0) is 18.6. The second-order valence-electron chi connectivity index (χ2n) is 6.32. The van der Waals surface area contributed by atoms with Gasteiger partial charge in [0.25, 0.3) is 5.91 Å². The number of hydrogen-bond acceptors (Lipinski definition) is 4. The number of pyridine rings is 1. The normalized spacial score (nSPS) is 10.9. The summed E-state index contributed by atoms with van der Waals surface area (Å²) in [6.07, 6.45) is 0. The first-order chi connectivity index (χ1) is 11.8. The molecule has 6 heteroatoms. The number of methoxy groups -OCH3 is 1. The van der Waals surface area contributed by atoms with E-state index in [1.54, 1.807) is 19.2 Å². The Hall–Kier alpha value is -2.27. The quantitative estimate of drug-likeness (QED) is 0.754. The Morgan fingerprint density at radius 3 is 2.44 bits per heavy atom. The second kappa shape index (κ2) is 8.21. The summed E-state index contributed by atoms with van der Waals surface area (Å²) >= 11 is 6.14. The minimum atomic E-state index is -0.0667. The molecule has 2 aromatic rings. The standard InChI is InChI=1S/C19H24ClN3O2/c1-12(2)23(13(3)4)19(24)14-9-17(20)22-18(10-14)21-15-7-6-8-16(11-15)25-5/h6-13H,1-5H3,(H,21,22). The van der Waals surface area contributed by atoms with E-state index in [-0.39, 0.29) is 23.1 Å². The molecule has 1 aromatic heterocycles. The van der Waals surface area contributed by atoms with Gasteiger partial charge in [0.1, 0.15) is 16.7 Å². The first kappa shape index (κ1) is 19.1. The Kier molecular flexibility index (Phi) is 6.26. The first-order valence-electron chi connectivity index (χ1n) is 8.23. The summed E-state index contributed by atoms with van der Waals surface area (Å²) < 4.78 is 5.22. The maximum Gasteiger partial charge on any atom is 0.254 e. The number of nitrogens with one attached hydrogen (secondary N) is 1. The van der Waals surface area contributed by atoms with Crippen molar-refractivity contribution in [3.63, 3.8) is 0 Å². The van der Waals surface area contributed by atoms with Crippen molar-refractivity contribution in [2.24, 2.45) is 0 Å². The van der Waals surface area contributed by atoms with Crippen LogP contribution in [0.4, 0.5) is 11.5 Å². The smallest absolute Gasteiger partial charge is 0.254 e. The number of rotatable bonds is 6. The molecule has 1 aromatic carbocycles. The summed E-state index contributed by atoms with van der Waals surface area (Å²) in [5.41, 5.74) is 1.31. The van der Waals surface area contributed by atoms with Gasteiger partial charge in [0, 0.05) is 29.4 Å². The fourth-order valence-corrected chi connectivity index (χ4v) is 2.96. The summed E-state index contributed by atoms with van der Waals surface area (Å²) in [5.74, 6) is 1.17. The van der Waals surface area contributed by atoms with Crippen molar-refractivity contribution >= 4 is 29.0 Å². The van der Waals surface area contributed by atoms with Gasteiger partial charge in [0.05, 0.1) is 7.11 Å². The van der Waals surface area contributed by atoms with E-state index in [1.165, 1.54) is 0 Å². The van der Waals surface area contributed by atoms with Crippen LogP contribution in [0.25, 0.3) is 0 Å². The minimum Gasteiger partial charge on any atom is -0.497 e. The van der Waals surface area contributed by atoms with Gasteiger partial charge in [-0.3, -0.25) is 4.79 Å². The average Bonchev–Trinajstić information content (AvgIpc) is 2.53. The number of halogens is 1. The molecule has 0 radical (unpaired) electrons. The number of carbonyl (C=O) groups is 1. The highest BCUT2D eigenvalue weighted by Crippen LogP contribution is 2.23. The zero-order valence-corrected chi connectivity index (χ0v) is 16.0. The molecule has 1 N–H and O–H groups in total. The molecule has 0 aliphatic rings. The lowest BCUT2D eigenvalue weighted by Gasteiger charge is -2.31. The topological polar surface area (TPSA) is 54.5 Å². The Bertz CT molecular complexity index is 739. The van der Waals surface area contributed by atoms with Gasteiger partial charge in [-0.15, -0.1) is 0 Å². The van der Waals surface area contributed by atoms with Crippen molar-refractivity contribution in [1.82, 2.24) is 9.88 Å². The molecule has 0 bridgehead atoms. The number of anilines is 2. The Balaban J connectivity index is 2.32. The van der Waals surface area contributed by atoms with Gasteiger partial charge >= 0.3 is 0 Å². The number of amides is 1. The maximum atomic E-state index is 12.9. The van der Waals surface area contributed by atoms with Crippen LogP contribution in [0.3, 0.4) is 0 Å². The van der Waals surface area contributed by atoms with Crippen LogP contribution in [0.1, 0.15) is 38.1 Å². The van der Waals surface area contributed by atoms with E-state index >= 15 is 0 Å². The van der Waals surface area contributed by atoms with Gasteiger partial charge < -0.3 is 15.0 Å². The third kappa shape index (κ3) is 4.86. The molecular weight excluding hydrogens is 338 g/mol. The lowest BCUT2D eigenvalue weighted by atomic mass is 10.1. The number of ether oxygens (including phenoxy) is 1. The Morgan fingerprint density at radius 1 is 1.16 bits per heavy atom. The molecular formula is C19H24ClN3O2. The van der Waals surface area contributed by atoms with Crippen molar-refractivity contribution in [3.05, 3.63) is 47.1 Å². The van der Waals surface area contributed by atoms with Crippen molar-refractivity contribution in [2.75, 3.05) is 12.4 Å². The summed E-state index contributed by atoms with van der Waals surface area (Å²) in [7, 11) is 1.61. The fraction of sp³-hybridized carbons (Fsp3) is 0.368. The van der Waals surface area contributed by atoms with E-state index in [0.29, 0.717) is 11.4 Å². The summed E-state index contributed by atoms with van der Waals surface area (Å²) in [5, 5.41) is 3.43. The molecule has 0 atom stereocenters. The SMILES string of the molecule is COc1cccc(Nc2cc(C(=O)N(C(C)C)C(C)C)cc(Cl)n2)c1. The van der Waals surface area contributed by atoms with Crippen LogP contribution in [0.15, 0.2) is 36.4 Å². The Morgan fingerprint density at radius 2 is 1.84 bits per heavy atom. The fourth-order valence-electron chi connectivity index (χ4n) is 2.75. The highest BCUT2D eigenvalue weighted by Gasteiger charge is 2.22. The average molecular weight is 362 g/mol. The molecule has 0 aliphatic carbocycles. The van der Waals surface area contributed by atoms with Crippen LogP contribution in [0.5, 0.6) is 5.75 Å². The van der Waals surface area contributed by atoms with E-state index < -0.39 is 0 Å². The van der Waals surface area contributed by atoms with E-state index in [0.717, 1.165) is 11.4 Å². The summed E-state index contributed by atoms with van der Waals surface area (Å²) in [6.45, 7) is 7.98. The molecule has 0 unspecified atom stereocenters. The number of nitrogens with zero attached hydrogens (tertiary/aromatic N) is 2. The Labute approximate surface area is 154 Å². The maximum absolute atomic E-state index is 12.9. The molecule has 0 fully saturated rings. The van der Waals surface area contributed by atoms with Crippen LogP contribution in [0, 0.1) is 0 Å². The zero-order valence-electron chi connectivity index (χ0n) is 15.2. The van der Waals surface area contributed by atoms with Gasteiger partial charge in [-0.05, 0) is 52.0 Å². The first-order valence-corrected chi connectivity index (χ1v) is 8.61. The molecule has 5 nitrogen and oxygen atoms in total.